The predicted molar refractivity (Wildman–Crippen MR) is 109 cm³/mol. The van der Waals surface area contributed by atoms with Gasteiger partial charge in [0.15, 0.2) is 0 Å². The molecule has 1 aromatic carbocycles. The van der Waals surface area contributed by atoms with Gasteiger partial charge in [0.25, 0.3) is 0 Å². The highest BCUT2D eigenvalue weighted by Gasteiger charge is 2.42. The summed E-state index contributed by atoms with van der Waals surface area (Å²) in [4.78, 5) is 14.7. The van der Waals surface area contributed by atoms with Gasteiger partial charge in [-0.1, -0.05) is 83.0 Å². The number of carbonyl (C=O) groups excluding carboxylic acids is 1. The molecule has 1 heterocycles. The molecule has 3 unspecified atom stereocenters. The van der Waals surface area contributed by atoms with Crippen molar-refractivity contribution in [3.05, 3.63) is 47.5 Å². The minimum atomic E-state index is 0.230. The zero-order chi connectivity index (χ0) is 19.0. The fraction of sp³-hybridized carbons (Fsp3) is 0.609. The molecule has 0 aromatic heterocycles. The standard InChI is InChI=1S/C21H31NO.C2H6/c1-6-16(4)19-14-20(23)22(21(19)17(5)7-2)13-12-18-10-8-15(3)9-11-18;1-2/h8-11,16,19,21H,5-7,12-14H2,1-4H3;1-2H3. The molecule has 2 nitrogen and oxygen atoms in total. The molecule has 1 amide bonds. The van der Waals surface area contributed by atoms with Crippen LogP contribution in [0, 0.1) is 18.8 Å². The quantitative estimate of drug-likeness (QED) is 0.574. The van der Waals surface area contributed by atoms with Gasteiger partial charge in [-0.25, -0.2) is 0 Å². The minimum Gasteiger partial charge on any atom is -0.335 e. The van der Waals surface area contributed by atoms with Crippen molar-refractivity contribution in [1.29, 1.82) is 0 Å². The number of rotatable bonds is 7. The van der Waals surface area contributed by atoms with E-state index in [9.17, 15) is 4.79 Å². The third-order valence-corrected chi connectivity index (χ3v) is 5.48. The lowest BCUT2D eigenvalue weighted by molar-refractivity contribution is -0.128. The molecule has 0 bridgehead atoms. The van der Waals surface area contributed by atoms with Gasteiger partial charge in [0.1, 0.15) is 0 Å². The highest BCUT2D eigenvalue weighted by atomic mass is 16.2. The molecule has 1 aliphatic heterocycles. The van der Waals surface area contributed by atoms with Crippen molar-refractivity contribution in [2.45, 2.75) is 73.3 Å². The second kappa shape index (κ2) is 10.4. The first-order valence-electron chi connectivity index (χ1n) is 10.0. The van der Waals surface area contributed by atoms with Crippen molar-refractivity contribution in [1.82, 2.24) is 4.90 Å². The zero-order valence-corrected chi connectivity index (χ0v) is 17.1. The van der Waals surface area contributed by atoms with Crippen LogP contribution in [0.25, 0.3) is 0 Å². The van der Waals surface area contributed by atoms with Crippen LogP contribution in [0.4, 0.5) is 0 Å². The molecule has 0 spiro atoms. The maximum atomic E-state index is 12.6. The highest BCUT2D eigenvalue weighted by Crippen LogP contribution is 2.37. The molecular weight excluding hydrogens is 306 g/mol. The SMILES string of the molecule is C=C(CC)C1C(C(C)CC)CC(=O)N1CCc1ccc(C)cc1.CC. The van der Waals surface area contributed by atoms with Crippen molar-refractivity contribution in [2.75, 3.05) is 6.54 Å². The lowest BCUT2D eigenvalue weighted by Gasteiger charge is -2.32. The molecule has 2 heteroatoms. The lowest BCUT2D eigenvalue weighted by atomic mass is 9.82. The van der Waals surface area contributed by atoms with Crippen molar-refractivity contribution >= 4 is 5.91 Å². The molecule has 25 heavy (non-hydrogen) atoms. The van der Waals surface area contributed by atoms with Crippen LogP contribution in [0.1, 0.15) is 65.0 Å². The van der Waals surface area contributed by atoms with Crippen LogP contribution in [0.5, 0.6) is 0 Å². The fourth-order valence-electron chi connectivity index (χ4n) is 3.63. The topological polar surface area (TPSA) is 20.3 Å². The summed E-state index contributed by atoms with van der Waals surface area (Å²) >= 11 is 0. The van der Waals surface area contributed by atoms with E-state index in [4.69, 9.17) is 0 Å². The van der Waals surface area contributed by atoms with E-state index < -0.39 is 0 Å². The van der Waals surface area contributed by atoms with Crippen molar-refractivity contribution in [3.8, 4) is 0 Å². The second-order valence-corrected chi connectivity index (χ2v) is 7.03. The number of benzene rings is 1. The number of amides is 1. The van der Waals surface area contributed by atoms with E-state index in [-0.39, 0.29) is 6.04 Å². The number of hydrogen-bond acceptors (Lipinski definition) is 1. The number of aryl methyl sites for hydroxylation is 1. The second-order valence-electron chi connectivity index (χ2n) is 7.03. The Morgan fingerprint density at radius 2 is 1.84 bits per heavy atom. The molecule has 1 aromatic rings. The van der Waals surface area contributed by atoms with E-state index in [1.165, 1.54) is 16.7 Å². The van der Waals surface area contributed by atoms with Crippen LogP contribution >= 0.6 is 0 Å². The molecule has 3 atom stereocenters. The summed E-state index contributed by atoms with van der Waals surface area (Å²) in [5, 5.41) is 0. The van der Waals surface area contributed by atoms with Gasteiger partial charge in [0.05, 0.1) is 6.04 Å². The average Bonchev–Trinajstić information content (AvgIpc) is 2.98. The van der Waals surface area contributed by atoms with Crippen LogP contribution in [0.2, 0.25) is 0 Å². The van der Waals surface area contributed by atoms with Crippen LogP contribution in [0.15, 0.2) is 36.4 Å². The Kier molecular flexibility index (Phi) is 8.96. The Morgan fingerprint density at radius 3 is 2.36 bits per heavy atom. The maximum Gasteiger partial charge on any atom is 0.223 e. The fourth-order valence-corrected chi connectivity index (χ4v) is 3.63. The molecule has 0 radical (unpaired) electrons. The monoisotopic (exact) mass is 343 g/mol. The molecule has 140 valence electrons. The molecule has 1 fully saturated rings. The van der Waals surface area contributed by atoms with Gasteiger partial charge < -0.3 is 4.90 Å². The van der Waals surface area contributed by atoms with Crippen molar-refractivity contribution in [3.63, 3.8) is 0 Å². The van der Waals surface area contributed by atoms with Gasteiger partial charge in [-0.15, -0.1) is 0 Å². The van der Waals surface area contributed by atoms with Gasteiger partial charge >= 0.3 is 0 Å². The van der Waals surface area contributed by atoms with E-state index >= 15 is 0 Å². The van der Waals surface area contributed by atoms with Crippen LogP contribution in [-0.4, -0.2) is 23.4 Å². The predicted octanol–water partition coefficient (Wildman–Crippen LogP) is 5.79. The van der Waals surface area contributed by atoms with E-state index in [0.717, 1.165) is 25.8 Å². The average molecular weight is 344 g/mol. The molecule has 2 rings (SSSR count). The normalized spacial score (nSPS) is 20.9. The van der Waals surface area contributed by atoms with Gasteiger partial charge in [0, 0.05) is 13.0 Å². The summed E-state index contributed by atoms with van der Waals surface area (Å²) in [6.07, 6.45) is 3.68. The highest BCUT2D eigenvalue weighted by molar-refractivity contribution is 5.80. The smallest absolute Gasteiger partial charge is 0.223 e. The Balaban J connectivity index is 0.00000151. The molecule has 0 N–H and O–H groups in total. The zero-order valence-electron chi connectivity index (χ0n) is 17.1. The van der Waals surface area contributed by atoms with Gasteiger partial charge in [0.2, 0.25) is 5.91 Å². The molecule has 1 aliphatic rings. The van der Waals surface area contributed by atoms with Crippen molar-refractivity contribution < 1.29 is 4.79 Å². The summed E-state index contributed by atoms with van der Waals surface area (Å²) in [6.45, 7) is 17.8. The van der Waals surface area contributed by atoms with Gasteiger partial charge in [-0.2, -0.15) is 0 Å². The van der Waals surface area contributed by atoms with Gasteiger partial charge in [-0.3, -0.25) is 4.79 Å². The first-order valence-corrected chi connectivity index (χ1v) is 10.0. The summed E-state index contributed by atoms with van der Waals surface area (Å²) in [5.41, 5.74) is 3.79. The van der Waals surface area contributed by atoms with Crippen LogP contribution in [-0.2, 0) is 11.2 Å². The van der Waals surface area contributed by atoms with Crippen LogP contribution < -0.4 is 0 Å². The lowest BCUT2D eigenvalue weighted by Crippen LogP contribution is -2.39. The third kappa shape index (κ3) is 5.45. The Bertz CT molecular complexity index is 546. The molecular formula is C23H37NO. The number of hydrogen-bond donors (Lipinski definition) is 0. The minimum absolute atomic E-state index is 0.230. The Labute approximate surface area is 155 Å². The molecule has 1 saturated heterocycles. The Hall–Kier alpha value is -1.57. The van der Waals surface area contributed by atoms with Crippen molar-refractivity contribution in [2.24, 2.45) is 11.8 Å². The summed E-state index contributed by atoms with van der Waals surface area (Å²) in [7, 11) is 0. The molecule has 0 aliphatic carbocycles. The first kappa shape index (κ1) is 21.5. The van der Waals surface area contributed by atoms with Crippen LogP contribution in [0.3, 0.4) is 0 Å². The number of likely N-dealkylation sites (tertiary alicyclic amines) is 1. The summed E-state index contributed by atoms with van der Waals surface area (Å²) < 4.78 is 0. The van der Waals surface area contributed by atoms with E-state index in [0.29, 0.717) is 24.2 Å². The van der Waals surface area contributed by atoms with E-state index in [2.05, 4.69) is 63.4 Å². The largest absolute Gasteiger partial charge is 0.335 e. The van der Waals surface area contributed by atoms with E-state index in [1.807, 2.05) is 13.8 Å². The summed E-state index contributed by atoms with van der Waals surface area (Å²) in [6, 6.07) is 8.86. The maximum absolute atomic E-state index is 12.6. The first-order chi connectivity index (χ1) is 12.0. The summed E-state index contributed by atoms with van der Waals surface area (Å²) in [5.74, 6) is 1.30. The van der Waals surface area contributed by atoms with E-state index in [1.54, 1.807) is 0 Å². The molecule has 0 saturated carbocycles. The van der Waals surface area contributed by atoms with Gasteiger partial charge in [-0.05, 0) is 37.2 Å². The third-order valence-electron chi connectivity index (χ3n) is 5.48. The number of carbonyl (C=O) groups is 1. The number of nitrogens with zero attached hydrogens (tertiary/aromatic N) is 1. The Morgan fingerprint density at radius 1 is 1.24 bits per heavy atom.